The second-order valence-electron chi connectivity index (χ2n) is 2.45. The van der Waals surface area contributed by atoms with Crippen LogP contribution in [0.5, 0.6) is 0 Å². The molecule has 0 aliphatic rings. The molecule has 0 spiro atoms. The molecule has 0 saturated carbocycles. The van der Waals surface area contributed by atoms with Gasteiger partial charge in [-0.2, -0.15) is 0 Å². The van der Waals surface area contributed by atoms with Crippen LogP contribution < -0.4 is 5.73 Å². The van der Waals surface area contributed by atoms with Gasteiger partial charge >= 0.3 is 0 Å². The van der Waals surface area contributed by atoms with E-state index in [1.807, 2.05) is 0 Å². The molecule has 1 rings (SSSR count). The van der Waals surface area contributed by atoms with E-state index in [2.05, 4.69) is 12.6 Å². The van der Waals surface area contributed by atoms with Gasteiger partial charge in [0.2, 0.25) is 0 Å². The van der Waals surface area contributed by atoms with Gasteiger partial charge < -0.3 is 5.73 Å². The molecule has 64 valence electrons. The van der Waals surface area contributed by atoms with Gasteiger partial charge in [-0.1, -0.05) is 0 Å². The van der Waals surface area contributed by atoms with Gasteiger partial charge in [0.15, 0.2) is 0 Å². The molecule has 2 N–H and O–H groups in total. The van der Waals surface area contributed by atoms with Gasteiger partial charge in [-0.15, -0.1) is 12.6 Å². The molecule has 0 atom stereocenters. The summed E-state index contributed by atoms with van der Waals surface area (Å²) in [7, 11) is 0. The maximum absolute atomic E-state index is 10.3. The maximum Gasteiger partial charge on any atom is 0.270 e. The highest BCUT2D eigenvalue weighted by Crippen LogP contribution is 2.26. The summed E-state index contributed by atoms with van der Waals surface area (Å²) in [6.45, 7) is 1.71. The number of hydrogen-bond acceptors (Lipinski definition) is 4. The summed E-state index contributed by atoms with van der Waals surface area (Å²) in [5, 5.41) is 10.3. The summed E-state index contributed by atoms with van der Waals surface area (Å²) in [5.74, 6) is 0. The third kappa shape index (κ3) is 1.50. The molecule has 1 aromatic rings. The van der Waals surface area contributed by atoms with Crippen LogP contribution in [0.2, 0.25) is 0 Å². The summed E-state index contributed by atoms with van der Waals surface area (Å²) in [6, 6.07) is 2.76. The van der Waals surface area contributed by atoms with Crippen LogP contribution in [0, 0.1) is 17.0 Å². The van der Waals surface area contributed by atoms with E-state index in [0.717, 1.165) is 0 Å². The fourth-order valence-electron chi connectivity index (χ4n) is 0.866. The van der Waals surface area contributed by atoms with E-state index in [9.17, 15) is 10.1 Å². The van der Waals surface area contributed by atoms with E-state index >= 15 is 0 Å². The van der Waals surface area contributed by atoms with Crippen molar-refractivity contribution in [3.63, 3.8) is 0 Å². The van der Waals surface area contributed by atoms with E-state index in [-0.39, 0.29) is 5.69 Å². The second-order valence-corrected chi connectivity index (χ2v) is 2.93. The van der Waals surface area contributed by atoms with Gasteiger partial charge in [0.1, 0.15) is 0 Å². The fourth-order valence-corrected chi connectivity index (χ4v) is 1.18. The Labute approximate surface area is 74.9 Å². The molecule has 0 heterocycles. The summed E-state index contributed by atoms with van der Waals surface area (Å²) in [6.07, 6.45) is 0. The Kier molecular flexibility index (Phi) is 2.23. The largest absolute Gasteiger partial charge is 0.398 e. The standard InChI is InChI=1S/C7H8N2O2S/c1-4-2-5(9(10)11)3-6(12)7(4)8/h2-3,12H,8H2,1H3. The smallest absolute Gasteiger partial charge is 0.270 e. The quantitative estimate of drug-likeness (QED) is 0.302. The normalized spacial score (nSPS) is 9.83. The van der Waals surface area contributed by atoms with Crippen LogP contribution in [-0.2, 0) is 0 Å². The molecule has 0 unspecified atom stereocenters. The number of non-ortho nitro benzene ring substituents is 1. The van der Waals surface area contributed by atoms with Crippen LogP contribution in [0.15, 0.2) is 17.0 Å². The molecule has 0 aliphatic carbocycles. The molecule has 4 nitrogen and oxygen atoms in total. The Bertz CT molecular complexity index is 315. The van der Waals surface area contributed by atoms with Crippen molar-refractivity contribution in [1.29, 1.82) is 0 Å². The highest BCUT2D eigenvalue weighted by Gasteiger charge is 2.09. The van der Waals surface area contributed by atoms with E-state index < -0.39 is 4.92 Å². The predicted octanol–water partition coefficient (Wildman–Crippen LogP) is 1.77. The van der Waals surface area contributed by atoms with Crippen LogP contribution >= 0.6 is 12.6 Å². The minimum atomic E-state index is -0.466. The lowest BCUT2D eigenvalue weighted by atomic mass is 10.2. The molecule has 5 heteroatoms. The topological polar surface area (TPSA) is 69.2 Å². The molecule has 0 bridgehead atoms. The van der Waals surface area contributed by atoms with Gasteiger partial charge in [0, 0.05) is 22.7 Å². The number of nitro benzene ring substituents is 1. The number of rotatable bonds is 1. The first-order valence-electron chi connectivity index (χ1n) is 3.26. The van der Waals surface area contributed by atoms with Gasteiger partial charge in [0.25, 0.3) is 5.69 Å². The zero-order valence-electron chi connectivity index (χ0n) is 6.44. The molecule has 12 heavy (non-hydrogen) atoms. The van der Waals surface area contributed by atoms with Crippen LogP contribution in [0.3, 0.4) is 0 Å². The molecule has 0 fully saturated rings. The van der Waals surface area contributed by atoms with Crippen molar-refractivity contribution in [1.82, 2.24) is 0 Å². The number of anilines is 1. The van der Waals surface area contributed by atoms with E-state index in [1.165, 1.54) is 12.1 Å². The van der Waals surface area contributed by atoms with Gasteiger partial charge in [-0.3, -0.25) is 10.1 Å². The minimum Gasteiger partial charge on any atom is -0.398 e. The molecule has 0 saturated heterocycles. The van der Waals surface area contributed by atoms with Crippen molar-refractivity contribution in [2.24, 2.45) is 0 Å². The zero-order chi connectivity index (χ0) is 9.30. The first-order valence-corrected chi connectivity index (χ1v) is 3.70. The molecule has 0 aliphatic heterocycles. The summed E-state index contributed by atoms with van der Waals surface area (Å²) in [4.78, 5) is 10.3. The fraction of sp³-hybridized carbons (Fsp3) is 0.143. The average molecular weight is 184 g/mol. The summed E-state index contributed by atoms with van der Waals surface area (Å²) in [5.41, 5.74) is 6.74. The number of nitrogens with two attached hydrogens (primary N) is 1. The first-order chi connectivity index (χ1) is 5.52. The first kappa shape index (κ1) is 8.86. The summed E-state index contributed by atoms with van der Waals surface area (Å²) >= 11 is 4.00. The lowest BCUT2D eigenvalue weighted by Crippen LogP contribution is -1.94. The molecular weight excluding hydrogens is 176 g/mol. The molecule has 0 aromatic heterocycles. The zero-order valence-corrected chi connectivity index (χ0v) is 7.34. The van der Waals surface area contributed by atoms with Crippen LogP contribution in [0.1, 0.15) is 5.56 Å². The van der Waals surface area contributed by atoms with Crippen molar-refractivity contribution in [3.05, 3.63) is 27.8 Å². The Morgan fingerprint density at radius 1 is 1.58 bits per heavy atom. The monoisotopic (exact) mass is 184 g/mol. The molecule has 0 radical (unpaired) electrons. The summed E-state index contributed by atoms with van der Waals surface area (Å²) < 4.78 is 0. The van der Waals surface area contributed by atoms with Gasteiger partial charge in [-0.05, 0) is 12.5 Å². The number of aryl methyl sites for hydroxylation is 1. The minimum absolute atomic E-state index is 0.0201. The molecular formula is C7H8N2O2S. The average Bonchev–Trinajstić information content (AvgIpc) is 1.99. The van der Waals surface area contributed by atoms with E-state index in [0.29, 0.717) is 16.1 Å². The van der Waals surface area contributed by atoms with E-state index in [4.69, 9.17) is 5.73 Å². The Balaban J connectivity index is 3.31. The molecule has 1 aromatic carbocycles. The third-order valence-electron chi connectivity index (χ3n) is 1.56. The maximum atomic E-state index is 10.3. The third-order valence-corrected chi connectivity index (χ3v) is 1.93. The van der Waals surface area contributed by atoms with Crippen molar-refractivity contribution in [2.75, 3.05) is 5.73 Å². The lowest BCUT2D eigenvalue weighted by molar-refractivity contribution is -0.385. The number of nitrogen functional groups attached to an aromatic ring is 1. The lowest BCUT2D eigenvalue weighted by Gasteiger charge is -2.02. The highest BCUT2D eigenvalue weighted by molar-refractivity contribution is 7.80. The highest BCUT2D eigenvalue weighted by atomic mass is 32.1. The van der Waals surface area contributed by atoms with Crippen LogP contribution in [-0.4, -0.2) is 4.92 Å². The van der Waals surface area contributed by atoms with E-state index in [1.54, 1.807) is 6.92 Å². The van der Waals surface area contributed by atoms with Crippen molar-refractivity contribution < 1.29 is 4.92 Å². The second kappa shape index (κ2) is 3.02. The Morgan fingerprint density at radius 2 is 2.17 bits per heavy atom. The number of nitro groups is 1. The van der Waals surface area contributed by atoms with Crippen molar-refractivity contribution in [3.8, 4) is 0 Å². The van der Waals surface area contributed by atoms with Crippen molar-refractivity contribution >= 4 is 24.0 Å². The number of benzene rings is 1. The van der Waals surface area contributed by atoms with Gasteiger partial charge in [-0.25, -0.2) is 0 Å². The number of nitrogens with zero attached hydrogens (tertiary/aromatic N) is 1. The van der Waals surface area contributed by atoms with Gasteiger partial charge in [0.05, 0.1) is 4.92 Å². The number of hydrogen-bond donors (Lipinski definition) is 2. The Morgan fingerprint density at radius 3 is 2.58 bits per heavy atom. The number of thiol groups is 1. The SMILES string of the molecule is Cc1cc([N+](=O)[O-])cc(S)c1N. The Hall–Kier alpha value is -1.23. The molecule has 0 amide bonds. The van der Waals surface area contributed by atoms with Crippen LogP contribution in [0.4, 0.5) is 11.4 Å². The van der Waals surface area contributed by atoms with Crippen molar-refractivity contribution in [2.45, 2.75) is 11.8 Å². The predicted molar refractivity (Wildman–Crippen MR) is 49.5 cm³/mol. The van der Waals surface area contributed by atoms with Crippen LogP contribution in [0.25, 0.3) is 0 Å².